The normalized spacial score (nSPS) is 11.6. The van der Waals surface area contributed by atoms with E-state index in [1.165, 1.54) is 19.2 Å². The molecular weight excluding hydrogens is 759 g/mol. The number of allylic oxidation sites excluding steroid dienone is 2. The van der Waals surface area contributed by atoms with Crippen LogP contribution in [0.25, 0.3) is 22.1 Å². The molecule has 19 nitrogen and oxygen atoms in total. The predicted octanol–water partition coefficient (Wildman–Crippen LogP) is 3.56. The van der Waals surface area contributed by atoms with Crippen LogP contribution in [0.5, 0.6) is 11.5 Å². The Morgan fingerprint density at radius 2 is 1.17 bits per heavy atom. The fourth-order valence-electron chi connectivity index (χ4n) is 6.59. The van der Waals surface area contributed by atoms with Crippen molar-refractivity contribution in [3.63, 3.8) is 0 Å². The van der Waals surface area contributed by atoms with Crippen molar-refractivity contribution in [1.82, 2.24) is 44.0 Å². The minimum atomic E-state index is -0.673. The standard InChI is InChI=1S/C40H47N13O6/c1-7-52-29(17-23(3)48-52)37(56)46-39-44-27-19-25(35(41)54)21-31(58-6)33(27)50(39)14-10-11-15-51-34-28(20-26(36(42)55)22-32(34)59-16-12-9-13-43-5)45-40(51)47-38(57)30-18-24(4)49-53(30)8-2/h9-12,17-22,43H,7-8,13-16H2,1-6H3,(H2,41,54)(H2,42,55)(H,44,46,56)(H,45,47,57)/b11-10+,12-9+. The van der Waals surface area contributed by atoms with E-state index in [0.717, 1.165) is 0 Å². The number of hydrogen-bond donors (Lipinski definition) is 5. The van der Waals surface area contributed by atoms with E-state index in [9.17, 15) is 19.2 Å². The van der Waals surface area contributed by atoms with Crippen LogP contribution in [0.15, 0.2) is 60.7 Å². The number of anilines is 2. The molecule has 6 rings (SSSR count). The maximum Gasteiger partial charge on any atom is 0.276 e. The van der Waals surface area contributed by atoms with Gasteiger partial charge in [-0.1, -0.05) is 24.3 Å². The molecule has 19 heteroatoms. The predicted molar refractivity (Wildman–Crippen MR) is 222 cm³/mol. The number of methoxy groups -OCH3 is 1. The number of nitrogens with one attached hydrogen (secondary N) is 3. The molecule has 0 unspecified atom stereocenters. The lowest BCUT2D eigenvalue weighted by molar-refractivity contribution is 0.0991. The molecule has 0 aliphatic rings. The Kier molecular flexibility index (Phi) is 12.5. The minimum absolute atomic E-state index is 0.159. The Bertz CT molecular complexity index is 2630. The lowest BCUT2D eigenvalue weighted by Gasteiger charge is -2.13. The maximum absolute atomic E-state index is 13.7. The second-order valence-electron chi connectivity index (χ2n) is 13.4. The first kappa shape index (κ1) is 41.4. The lowest BCUT2D eigenvalue weighted by atomic mass is 10.1. The van der Waals surface area contributed by atoms with E-state index in [2.05, 4.69) is 31.1 Å². The van der Waals surface area contributed by atoms with Gasteiger partial charge in [-0.2, -0.15) is 10.2 Å². The molecule has 0 bridgehead atoms. The Hall–Kier alpha value is -7.28. The monoisotopic (exact) mass is 805 g/mol. The molecule has 0 aliphatic heterocycles. The van der Waals surface area contributed by atoms with E-state index in [4.69, 9.17) is 25.9 Å². The highest BCUT2D eigenvalue weighted by Crippen LogP contribution is 2.33. The van der Waals surface area contributed by atoms with Crippen LogP contribution < -0.4 is 36.9 Å². The van der Waals surface area contributed by atoms with Crippen LogP contribution in [0, 0.1) is 13.8 Å². The lowest BCUT2D eigenvalue weighted by Crippen LogP contribution is -2.20. The van der Waals surface area contributed by atoms with Gasteiger partial charge in [0.1, 0.15) is 40.5 Å². The molecule has 308 valence electrons. The number of aryl methyl sites for hydroxylation is 4. The molecular formula is C40H47N13O6. The number of aromatic nitrogens is 8. The van der Waals surface area contributed by atoms with Crippen molar-refractivity contribution in [2.45, 2.75) is 53.9 Å². The second-order valence-corrected chi connectivity index (χ2v) is 13.4. The molecule has 0 fully saturated rings. The van der Waals surface area contributed by atoms with Crippen LogP contribution in [0.3, 0.4) is 0 Å². The van der Waals surface area contributed by atoms with Crippen molar-refractivity contribution in [2.24, 2.45) is 11.5 Å². The first-order chi connectivity index (χ1) is 28.4. The largest absolute Gasteiger partial charge is 0.494 e. The average molecular weight is 806 g/mol. The molecule has 4 aromatic heterocycles. The van der Waals surface area contributed by atoms with Crippen molar-refractivity contribution in [1.29, 1.82) is 0 Å². The highest BCUT2D eigenvalue weighted by atomic mass is 16.5. The van der Waals surface area contributed by atoms with Crippen LogP contribution in [-0.4, -0.2) is 89.6 Å². The molecule has 2 aromatic carbocycles. The number of benzene rings is 2. The van der Waals surface area contributed by atoms with Crippen molar-refractivity contribution in [3.8, 4) is 11.5 Å². The highest BCUT2D eigenvalue weighted by Gasteiger charge is 2.23. The van der Waals surface area contributed by atoms with Crippen LogP contribution in [0.4, 0.5) is 11.9 Å². The Morgan fingerprint density at radius 3 is 1.61 bits per heavy atom. The summed E-state index contributed by atoms with van der Waals surface area (Å²) in [5, 5.41) is 17.7. The van der Waals surface area contributed by atoms with Gasteiger partial charge in [-0.05, 0) is 71.1 Å². The van der Waals surface area contributed by atoms with Crippen molar-refractivity contribution < 1.29 is 28.7 Å². The third-order valence-electron chi connectivity index (χ3n) is 9.29. The smallest absolute Gasteiger partial charge is 0.276 e. The number of nitrogens with zero attached hydrogens (tertiary/aromatic N) is 8. The number of ether oxygens (including phenoxy) is 2. The van der Waals surface area contributed by atoms with Crippen LogP contribution >= 0.6 is 0 Å². The van der Waals surface area contributed by atoms with Gasteiger partial charge in [0.05, 0.1) is 29.5 Å². The number of hydrogen-bond acceptors (Lipinski definition) is 11. The third-order valence-corrected chi connectivity index (χ3v) is 9.29. The quantitative estimate of drug-likeness (QED) is 0.0786. The number of carbonyl (C=O) groups is 4. The van der Waals surface area contributed by atoms with Crippen LogP contribution in [0.1, 0.15) is 66.9 Å². The van der Waals surface area contributed by atoms with Crippen LogP contribution in [0.2, 0.25) is 0 Å². The van der Waals surface area contributed by atoms with Gasteiger partial charge in [0.15, 0.2) is 0 Å². The Balaban J connectivity index is 1.41. The van der Waals surface area contributed by atoms with E-state index < -0.39 is 23.6 Å². The van der Waals surface area contributed by atoms with E-state index >= 15 is 0 Å². The molecule has 59 heavy (non-hydrogen) atoms. The number of likely N-dealkylation sites (N-methyl/N-ethyl adjacent to an activating group) is 1. The SMILES string of the molecule is CCn1nc(C)cc1C(=O)Nc1nc2cc(C(N)=O)cc(OC)c2n1C/C=C/Cn1c(NC(=O)c2cc(C)nn2CC)nc2cc(C(N)=O)cc(OC/C=C/CNC)c21. The number of primary amides is 2. The molecule has 0 saturated heterocycles. The van der Waals surface area contributed by atoms with Gasteiger partial charge in [0.25, 0.3) is 11.8 Å². The molecule has 4 heterocycles. The first-order valence-corrected chi connectivity index (χ1v) is 18.9. The van der Waals surface area contributed by atoms with Gasteiger partial charge in [-0.15, -0.1) is 0 Å². The zero-order valence-electron chi connectivity index (χ0n) is 33.7. The summed E-state index contributed by atoms with van der Waals surface area (Å²) in [5.74, 6) is -1.22. The molecule has 0 aliphatic carbocycles. The van der Waals surface area contributed by atoms with Gasteiger partial charge in [-0.3, -0.25) is 39.2 Å². The Morgan fingerprint density at radius 1 is 0.695 bits per heavy atom. The fourth-order valence-corrected chi connectivity index (χ4v) is 6.59. The van der Waals surface area contributed by atoms with Crippen LogP contribution in [-0.2, 0) is 26.2 Å². The topological polar surface area (TPSA) is 246 Å². The molecule has 6 aromatic rings. The number of amides is 4. The summed E-state index contributed by atoms with van der Waals surface area (Å²) >= 11 is 0. The minimum Gasteiger partial charge on any atom is -0.494 e. The number of imidazole rings is 2. The molecule has 0 radical (unpaired) electrons. The average Bonchev–Trinajstić information content (AvgIpc) is 3.97. The summed E-state index contributed by atoms with van der Waals surface area (Å²) in [7, 11) is 3.29. The number of rotatable bonds is 18. The van der Waals surface area contributed by atoms with Crippen molar-refractivity contribution >= 4 is 57.6 Å². The summed E-state index contributed by atoms with van der Waals surface area (Å²) < 4.78 is 18.5. The summed E-state index contributed by atoms with van der Waals surface area (Å²) in [5.41, 5.74) is 15.5. The second kappa shape index (κ2) is 17.9. The van der Waals surface area contributed by atoms with Gasteiger partial charge in [0, 0.05) is 43.9 Å². The van der Waals surface area contributed by atoms with Crippen molar-refractivity contribution in [3.05, 3.63) is 94.6 Å². The van der Waals surface area contributed by atoms with Gasteiger partial charge >= 0.3 is 0 Å². The van der Waals surface area contributed by atoms with Crippen molar-refractivity contribution in [2.75, 3.05) is 37.9 Å². The molecule has 4 amide bonds. The maximum atomic E-state index is 13.7. The summed E-state index contributed by atoms with van der Waals surface area (Å²) in [6, 6.07) is 9.51. The molecule has 7 N–H and O–H groups in total. The number of fused-ring (bicyclic) bond motifs is 2. The van der Waals surface area contributed by atoms with E-state index in [-0.39, 0.29) is 42.7 Å². The third kappa shape index (κ3) is 8.84. The first-order valence-electron chi connectivity index (χ1n) is 18.9. The van der Waals surface area contributed by atoms with Gasteiger partial charge < -0.3 is 35.4 Å². The number of carbonyl (C=O) groups excluding carboxylic acids is 4. The highest BCUT2D eigenvalue weighted by molar-refractivity contribution is 6.05. The molecule has 0 atom stereocenters. The number of nitrogens with two attached hydrogens (primary N) is 2. The summed E-state index contributed by atoms with van der Waals surface area (Å²) in [6.07, 6.45) is 7.41. The summed E-state index contributed by atoms with van der Waals surface area (Å²) in [4.78, 5) is 61.4. The van der Waals surface area contributed by atoms with Gasteiger partial charge in [-0.25, -0.2) is 9.97 Å². The van der Waals surface area contributed by atoms with Gasteiger partial charge in [0.2, 0.25) is 23.7 Å². The fraction of sp³-hybridized carbons (Fsp3) is 0.300. The molecule has 0 saturated carbocycles. The Labute approximate surface area is 339 Å². The zero-order valence-corrected chi connectivity index (χ0v) is 33.7. The van der Waals surface area contributed by atoms with E-state index in [1.807, 2.05) is 45.2 Å². The summed E-state index contributed by atoms with van der Waals surface area (Å²) in [6.45, 7) is 9.45. The van der Waals surface area contributed by atoms with E-state index in [1.54, 1.807) is 56.6 Å². The molecule has 0 spiro atoms. The van der Waals surface area contributed by atoms with E-state index in [0.29, 0.717) is 76.0 Å². The zero-order chi connectivity index (χ0) is 42.4.